The molecular formula is C18H20Cl4N2O6. The number of carbonyl (C=O) groups excluding carboxylic acids is 2. The van der Waals surface area contributed by atoms with Crippen molar-refractivity contribution in [2.24, 2.45) is 0 Å². The van der Waals surface area contributed by atoms with Crippen LogP contribution in [-0.4, -0.2) is 31.1 Å². The molecule has 2 rings (SSSR count). The molecule has 8 nitrogen and oxygen atoms in total. The van der Waals surface area contributed by atoms with E-state index >= 15 is 0 Å². The number of nitro groups is 1. The summed E-state index contributed by atoms with van der Waals surface area (Å²) >= 11 is 22.8. The maximum Gasteiger partial charge on any atom is 0.341 e. The van der Waals surface area contributed by atoms with Crippen molar-refractivity contribution in [1.29, 1.82) is 0 Å². The molecule has 0 atom stereocenters. The van der Waals surface area contributed by atoms with Gasteiger partial charge in [-0.05, 0) is 18.2 Å². The van der Waals surface area contributed by atoms with Crippen LogP contribution in [0.1, 0.15) is 35.6 Å². The minimum absolute atomic E-state index is 0. The standard InChI is InChI=1S/C8H5Cl2NO4.C8H7Cl2NO2.2CH4/c1-15-8(12)6-4(9)2-3-5(7(6)10)11(13)14;1-13-8(12)6-4(9)2-3-5(11)7(6)10;;/h2-3H,1H3;2-3H,11H2,1H3;2*1H4. The summed E-state index contributed by atoms with van der Waals surface area (Å²) in [5.41, 5.74) is 5.30. The van der Waals surface area contributed by atoms with Crippen molar-refractivity contribution in [1.82, 2.24) is 0 Å². The summed E-state index contributed by atoms with van der Waals surface area (Å²) in [6.45, 7) is 0. The number of rotatable bonds is 3. The number of esters is 2. The Hall–Kier alpha value is -2.26. The Balaban J connectivity index is 0. The molecule has 2 aromatic rings. The van der Waals surface area contributed by atoms with Crippen molar-refractivity contribution < 1.29 is 24.0 Å². The van der Waals surface area contributed by atoms with Gasteiger partial charge < -0.3 is 15.2 Å². The number of hydrogen-bond donors (Lipinski definition) is 1. The van der Waals surface area contributed by atoms with Crippen LogP contribution in [0.2, 0.25) is 20.1 Å². The minimum Gasteiger partial charge on any atom is -0.465 e. The lowest BCUT2D eigenvalue weighted by molar-refractivity contribution is -0.384. The van der Waals surface area contributed by atoms with Gasteiger partial charge in [0.25, 0.3) is 5.69 Å². The molecule has 0 fully saturated rings. The van der Waals surface area contributed by atoms with Gasteiger partial charge in [0, 0.05) is 6.07 Å². The molecule has 0 aliphatic rings. The summed E-state index contributed by atoms with van der Waals surface area (Å²) in [7, 11) is 2.38. The second kappa shape index (κ2) is 13.1. The first kappa shape index (κ1) is 29.9. The third-order valence-corrected chi connectivity index (χ3v) is 4.59. The number of nitro benzene ring substituents is 1. The highest BCUT2D eigenvalue weighted by molar-refractivity contribution is 6.41. The fourth-order valence-electron chi connectivity index (χ4n) is 1.83. The van der Waals surface area contributed by atoms with Crippen LogP contribution in [0.3, 0.4) is 0 Å². The van der Waals surface area contributed by atoms with Crippen LogP contribution >= 0.6 is 46.4 Å². The molecule has 0 spiro atoms. The average molecular weight is 502 g/mol. The number of carbonyl (C=O) groups is 2. The Kier molecular flexibility index (Phi) is 13.1. The Morgan fingerprint density at radius 3 is 1.67 bits per heavy atom. The van der Waals surface area contributed by atoms with E-state index in [0.29, 0.717) is 5.69 Å². The van der Waals surface area contributed by atoms with Crippen LogP contribution < -0.4 is 5.73 Å². The maximum absolute atomic E-state index is 11.2. The van der Waals surface area contributed by atoms with Crippen LogP contribution in [0.25, 0.3) is 0 Å². The third-order valence-electron chi connectivity index (χ3n) is 3.17. The first-order valence-corrected chi connectivity index (χ1v) is 8.60. The lowest BCUT2D eigenvalue weighted by Crippen LogP contribution is -2.04. The van der Waals surface area contributed by atoms with E-state index in [-0.39, 0.29) is 51.8 Å². The molecule has 166 valence electrons. The maximum atomic E-state index is 11.2. The summed E-state index contributed by atoms with van der Waals surface area (Å²) in [5.74, 6) is -1.41. The van der Waals surface area contributed by atoms with Gasteiger partial charge in [-0.25, -0.2) is 9.59 Å². The quantitative estimate of drug-likeness (QED) is 0.226. The van der Waals surface area contributed by atoms with E-state index in [1.807, 2.05) is 0 Å². The van der Waals surface area contributed by atoms with Crippen molar-refractivity contribution >= 4 is 69.7 Å². The molecule has 0 bridgehead atoms. The van der Waals surface area contributed by atoms with Crippen molar-refractivity contribution in [2.75, 3.05) is 20.0 Å². The van der Waals surface area contributed by atoms with Gasteiger partial charge in [-0.2, -0.15) is 0 Å². The van der Waals surface area contributed by atoms with Crippen LogP contribution in [0, 0.1) is 10.1 Å². The molecule has 0 aliphatic heterocycles. The molecule has 2 N–H and O–H groups in total. The number of nitrogens with zero attached hydrogens (tertiary/aromatic N) is 1. The molecule has 0 aromatic heterocycles. The number of hydrogen-bond acceptors (Lipinski definition) is 7. The number of nitrogen functional groups attached to an aromatic ring is 1. The normalized spacial score (nSPS) is 9.13. The summed E-state index contributed by atoms with van der Waals surface area (Å²) in [6, 6.07) is 5.36. The van der Waals surface area contributed by atoms with Crippen molar-refractivity contribution in [3.63, 3.8) is 0 Å². The topological polar surface area (TPSA) is 122 Å². The molecule has 30 heavy (non-hydrogen) atoms. The summed E-state index contributed by atoms with van der Waals surface area (Å²) < 4.78 is 8.89. The van der Waals surface area contributed by atoms with E-state index in [1.54, 1.807) is 0 Å². The first-order chi connectivity index (χ1) is 13.1. The summed E-state index contributed by atoms with van der Waals surface area (Å²) in [5, 5.41) is 10.6. The predicted molar refractivity (Wildman–Crippen MR) is 120 cm³/mol. The number of ether oxygens (including phenoxy) is 2. The summed E-state index contributed by atoms with van der Waals surface area (Å²) in [6.07, 6.45) is 0. The molecule has 2 aromatic carbocycles. The third kappa shape index (κ3) is 6.91. The fourth-order valence-corrected chi connectivity index (χ4v) is 2.95. The zero-order valence-corrected chi connectivity index (χ0v) is 17.3. The number of anilines is 1. The Bertz CT molecular complexity index is 937. The highest BCUT2D eigenvalue weighted by atomic mass is 35.5. The smallest absolute Gasteiger partial charge is 0.341 e. The molecule has 0 unspecified atom stereocenters. The lowest BCUT2D eigenvalue weighted by Gasteiger charge is -2.06. The van der Waals surface area contributed by atoms with E-state index in [9.17, 15) is 19.7 Å². The molecular weight excluding hydrogens is 482 g/mol. The van der Waals surface area contributed by atoms with E-state index in [1.165, 1.54) is 25.3 Å². The van der Waals surface area contributed by atoms with Gasteiger partial charge in [-0.3, -0.25) is 10.1 Å². The Morgan fingerprint density at radius 1 is 0.867 bits per heavy atom. The molecule has 0 radical (unpaired) electrons. The van der Waals surface area contributed by atoms with Crippen molar-refractivity contribution in [3.8, 4) is 0 Å². The predicted octanol–water partition coefficient (Wildman–Crippen LogP) is 6.32. The zero-order valence-electron chi connectivity index (χ0n) is 14.3. The molecule has 0 aliphatic carbocycles. The molecule has 0 saturated heterocycles. The largest absolute Gasteiger partial charge is 0.465 e. The highest BCUT2D eigenvalue weighted by Crippen LogP contribution is 2.33. The van der Waals surface area contributed by atoms with Gasteiger partial charge in [-0.1, -0.05) is 61.3 Å². The number of methoxy groups -OCH3 is 2. The summed E-state index contributed by atoms with van der Waals surface area (Å²) in [4.78, 5) is 32.2. The SMILES string of the molecule is C.C.COC(=O)c1c(Cl)ccc(N)c1Cl.COC(=O)c1c(Cl)ccc([N+](=O)[O-])c1Cl. The Labute approximate surface area is 193 Å². The monoisotopic (exact) mass is 500 g/mol. The fraction of sp³-hybridized carbons (Fsp3) is 0.222. The zero-order chi connectivity index (χ0) is 21.6. The van der Waals surface area contributed by atoms with Crippen LogP contribution in [-0.2, 0) is 9.47 Å². The second-order valence-electron chi connectivity index (χ2n) is 4.82. The van der Waals surface area contributed by atoms with Crippen LogP contribution in [0.4, 0.5) is 11.4 Å². The number of benzene rings is 2. The molecule has 0 heterocycles. The molecule has 0 saturated carbocycles. The van der Waals surface area contributed by atoms with Gasteiger partial charge in [-0.15, -0.1) is 0 Å². The van der Waals surface area contributed by atoms with Crippen molar-refractivity contribution in [3.05, 3.63) is 65.6 Å². The van der Waals surface area contributed by atoms with E-state index in [0.717, 1.165) is 13.2 Å². The highest BCUT2D eigenvalue weighted by Gasteiger charge is 2.23. The minimum atomic E-state index is -0.811. The lowest BCUT2D eigenvalue weighted by atomic mass is 10.2. The van der Waals surface area contributed by atoms with E-state index in [2.05, 4.69) is 9.47 Å². The second-order valence-corrected chi connectivity index (χ2v) is 6.39. The van der Waals surface area contributed by atoms with Gasteiger partial charge in [0.05, 0.1) is 45.5 Å². The van der Waals surface area contributed by atoms with Crippen LogP contribution in [0.5, 0.6) is 0 Å². The van der Waals surface area contributed by atoms with Gasteiger partial charge in [0.15, 0.2) is 0 Å². The van der Waals surface area contributed by atoms with Crippen LogP contribution in [0.15, 0.2) is 24.3 Å². The van der Waals surface area contributed by atoms with E-state index < -0.39 is 16.9 Å². The van der Waals surface area contributed by atoms with Crippen molar-refractivity contribution in [2.45, 2.75) is 14.9 Å². The number of nitrogens with two attached hydrogens (primary N) is 1. The first-order valence-electron chi connectivity index (χ1n) is 7.09. The van der Waals surface area contributed by atoms with Gasteiger partial charge in [0.2, 0.25) is 0 Å². The molecule has 0 amide bonds. The van der Waals surface area contributed by atoms with Gasteiger partial charge in [0.1, 0.15) is 10.6 Å². The van der Waals surface area contributed by atoms with E-state index in [4.69, 9.17) is 52.1 Å². The Morgan fingerprint density at radius 2 is 1.27 bits per heavy atom. The van der Waals surface area contributed by atoms with Gasteiger partial charge >= 0.3 is 11.9 Å². The molecule has 12 heteroatoms. The number of halogens is 4. The average Bonchev–Trinajstić information content (AvgIpc) is 2.64.